The van der Waals surface area contributed by atoms with Gasteiger partial charge < -0.3 is 33.9 Å². The maximum Gasteiger partial charge on any atom is 0.260 e. The molecule has 3 aromatic rings. The van der Waals surface area contributed by atoms with Crippen LogP contribution in [-0.2, 0) is 4.79 Å². The Morgan fingerprint density at radius 1 is 0.756 bits per heavy atom. The van der Waals surface area contributed by atoms with Crippen molar-refractivity contribution in [3.05, 3.63) is 71.3 Å². The van der Waals surface area contributed by atoms with E-state index in [2.05, 4.69) is 5.32 Å². The summed E-state index contributed by atoms with van der Waals surface area (Å²) in [6, 6.07) is 16.0. The van der Waals surface area contributed by atoms with Crippen molar-refractivity contribution in [2.45, 2.75) is 19.3 Å². The van der Waals surface area contributed by atoms with E-state index in [1.165, 1.54) is 20.6 Å². The van der Waals surface area contributed by atoms with Crippen LogP contribution in [0.3, 0.4) is 0 Å². The molecule has 3 aromatic carbocycles. The minimum atomic E-state index is -0.363. The van der Waals surface area contributed by atoms with E-state index in [4.69, 9.17) is 23.7 Å². The van der Waals surface area contributed by atoms with Gasteiger partial charge in [0.2, 0.25) is 0 Å². The van der Waals surface area contributed by atoms with Crippen molar-refractivity contribution < 1.29 is 33.3 Å². The van der Waals surface area contributed by atoms with Crippen LogP contribution in [0.25, 0.3) is 12.2 Å². The predicted molar refractivity (Wildman–Crippen MR) is 158 cm³/mol. The van der Waals surface area contributed by atoms with E-state index in [9.17, 15) is 9.59 Å². The molecule has 0 aromatic heterocycles. The standard InChI is InChI=1S/C32H36N2O7/c1-37-26-18-23(11-8-22-9-13-25(14-10-22)41-21-30(35)34-16-6-5-7-17-34)31(29(20-26)40-4)32(36)33-24-12-15-27(38-2)28(19-24)39-3/h8-15,18-20H,5-7,16-17,21H2,1-4H3,(H,33,36)/b11-8+. The molecule has 4 rings (SSSR count). The van der Waals surface area contributed by atoms with E-state index in [-0.39, 0.29) is 18.4 Å². The third kappa shape index (κ3) is 7.51. The summed E-state index contributed by atoms with van der Waals surface area (Å²) in [6.45, 7) is 1.63. The molecule has 1 N–H and O–H groups in total. The molecule has 0 aliphatic carbocycles. The van der Waals surface area contributed by atoms with Crippen LogP contribution >= 0.6 is 0 Å². The zero-order valence-corrected chi connectivity index (χ0v) is 23.9. The summed E-state index contributed by atoms with van der Waals surface area (Å²) < 4.78 is 27.4. The van der Waals surface area contributed by atoms with E-state index in [0.29, 0.717) is 45.6 Å². The lowest BCUT2D eigenvalue weighted by Crippen LogP contribution is -2.38. The number of methoxy groups -OCH3 is 4. The predicted octanol–water partition coefficient (Wildman–Crippen LogP) is 5.54. The van der Waals surface area contributed by atoms with Crippen LogP contribution < -0.4 is 29.0 Å². The van der Waals surface area contributed by atoms with Gasteiger partial charge in [0.15, 0.2) is 18.1 Å². The SMILES string of the molecule is COc1cc(/C=C/c2ccc(OCC(=O)N3CCCCC3)cc2)c(C(=O)Nc2ccc(OC)c(OC)c2)c(OC)c1. The Morgan fingerprint density at radius 3 is 2.12 bits per heavy atom. The van der Waals surface area contributed by atoms with Gasteiger partial charge in [-0.3, -0.25) is 9.59 Å². The third-order valence-corrected chi connectivity index (χ3v) is 6.84. The number of likely N-dealkylation sites (tertiary alicyclic amines) is 1. The lowest BCUT2D eigenvalue weighted by molar-refractivity contribution is -0.134. The molecular weight excluding hydrogens is 524 g/mol. The number of carbonyl (C=O) groups is 2. The fourth-order valence-electron chi connectivity index (χ4n) is 4.61. The van der Waals surface area contributed by atoms with E-state index >= 15 is 0 Å². The molecule has 1 heterocycles. The number of benzene rings is 3. The molecule has 1 aliphatic rings. The maximum absolute atomic E-state index is 13.5. The topological polar surface area (TPSA) is 95.6 Å². The highest BCUT2D eigenvalue weighted by Crippen LogP contribution is 2.33. The monoisotopic (exact) mass is 560 g/mol. The first-order valence-electron chi connectivity index (χ1n) is 13.4. The van der Waals surface area contributed by atoms with Gasteiger partial charge in [-0.2, -0.15) is 0 Å². The summed E-state index contributed by atoms with van der Waals surface area (Å²) in [5, 5.41) is 2.91. The molecule has 0 atom stereocenters. The first-order valence-corrected chi connectivity index (χ1v) is 13.4. The van der Waals surface area contributed by atoms with Gasteiger partial charge in [0.25, 0.3) is 11.8 Å². The molecule has 41 heavy (non-hydrogen) atoms. The smallest absolute Gasteiger partial charge is 0.260 e. The highest BCUT2D eigenvalue weighted by atomic mass is 16.5. The number of piperidine rings is 1. The van der Waals surface area contributed by atoms with Crippen LogP contribution in [0.1, 0.15) is 40.7 Å². The summed E-state index contributed by atoms with van der Waals surface area (Å²) in [7, 11) is 6.15. The van der Waals surface area contributed by atoms with Crippen LogP contribution in [0.2, 0.25) is 0 Å². The number of amides is 2. The molecule has 0 radical (unpaired) electrons. The Balaban J connectivity index is 1.51. The van der Waals surface area contributed by atoms with Gasteiger partial charge in [0.1, 0.15) is 17.2 Å². The Labute approximate surface area is 240 Å². The summed E-state index contributed by atoms with van der Waals surface area (Å²) in [5.41, 5.74) is 2.37. The fraction of sp³-hybridized carbons (Fsp3) is 0.312. The van der Waals surface area contributed by atoms with Gasteiger partial charge in [-0.05, 0) is 60.7 Å². The Hall–Kier alpha value is -4.66. The number of anilines is 1. The molecule has 9 heteroatoms. The van der Waals surface area contributed by atoms with E-state index < -0.39 is 0 Å². The summed E-state index contributed by atoms with van der Waals surface area (Å²) in [6.07, 6.45) is 6.97. The van der Waals surface area contributed by atoms with Crippen molar-refractivity contribution in [2.75, 3.05) is 53.5 Å². The number of nitrogens with one attached hydrogen (secondary N) is 1. The molecule has 1 saturated heterocycles. The van der Waals surface area contributed by atoms with Crippen molar-refractivity contribution in [2.24, 2.45) is 0 Å². The average molecular weight is 561 g/mol. The summed E-state index contributed by atoms with van der Waals surface area (Å²) in [4.78, 5) is 27.7. The number of carbonyl (C=O) groups excluding carboxylic acids is 2. The molecule has 0 unspecified atom stereocenters. The molecule has 0 saturated carbocycles. The molecule has 1 aliphatic heterocycles. The quantitative estimate of drug-likeness (QED) is 0.308. The van der Waals surface area contributed by atoms with Gasteiger partial charge >= 0.3 is 0 Å². The second kappa shape index (κ2) is 14.1. The lowest BCUT2D eigenvalue weighted by atomic mass is 10.0. The Morgan fingerprint density at radius 2 is 1.46 bits per heavy atom. The van der Waals surface area contributed by atoms with Crippen molar-refractivity contribution in [1.29, 1.82) is 0 Å². The number of nitrogens with zero attached hydrogens (tertiary/aromatic N) is 1. The largest absolute Gasteiger partial charge is 0.497 e. The van der Waals surface area contributed by atoms with Crippen molar-refractivity contribution in [1.82, 2.24) is 4.90 Å². The number of hydrogen-bond acceptors (Lipinski definition) is 7. The van der Waals surface area contributed by atoms with Gasteiger partial charge in [-0.25, -0.2) is 0 Å². The van der Waals surface area contributed by atoms with Crippen molar-refractivity contribution in [3.63, 3.8) is 0 Å². The zero-order valence-electron chi connectivity index (χ0n) is 23.9. The highest BCUT2D eigenvalue weighted by Gasteiger charge is 2.20. The van der Waals surface area contributed by atoms with Gasteiger partial charge in [0.05, 0.1) is 34.0 Å². The molecule has 9 nitrogen and oxygen atoms in total. The lowest BCUT2D eigenvalue weighted by Gasteiger charge is -2.26. The van der Waals surface area contributed by atoms with Crippen LogP contribution in [0, 0.1) is 0 Å². The average Bonchev–Trinajstić information content (AvgIpc) is 3.02. The van der Waals surface area contributed by atoms with Crippen LogP contribution in [0.4, 0.5) is 5.69 Å². The van der Waals surface area contributed by atoms with Crippen molar-refractivity contribution >= 4 is 29.7 Å². The maximum atomic E-state index is 13.5. The minimum Gasteiger partial charge on any atom is -0.497 e. The van der Waals surface area contributed by atoms with E-state index in [1.807, 2.05) is 41.3 Å². The van der Waals surface area contributed by atoms with Crippen LogP contribution in [0.5, 0.6) is 28.7 Å². The summed E-state index contributed by atoms with van der Waals surface area (Å²) in [5.74, 6) is 2.23. The normalized spacial score (nSPS) is 13.0. The number of ether oxygens (including phenoxy) is 5. The fourth-order valence-corrected chi connectivity index (χ4v) is 4.61. The van der Waals surface area contributed by atoms with Gasteiger partial charge in [0, 0.05) is 30.9 Å². The number of hydrogen-bond donors (Lipinski definition) is 1. The van der Waals surface area contributed by atoms with Crippen LogP contribution in [0.15, 0.2) is 54.6 Å². The molecule has 216 valence electrons. The Bertz CT molecular complexity index is 1380. The molecule has 0 spiro atoms. The summed E-state index contributed by atoms with van der Waals surface area (Å²) >= 11 is 0. The second-order valence-corrected chi connectivity index (χ2v) is 9.45. The first-order chi connectivity index (χ1) is 19.9. The minimum absolute atomic E-state index is 0.0135. The van der Waals surface area contributed by atoms with Crippen LogP contribution in [-0.4, -0.2) is 64.8 Å². The molecular formula is C32H36N2O7. The molecule has 2 amide bonds. The van der Waals surface area contributed by atoms with Crippen molar-refractivity contribution in [3.8, 4) is 28.7 Å². The van der Waals surface area contributed by atoms with Gasteiger partial charge in [-0.15, -0.1) is 0 Å². The van der Waals surface area contributed by atoms with E-state index in [1.54, 1.807) is 44.6 Å². The second-order valence-electron chi connectivity index (χ2n) is 9.45. The first kappa shape index (κ1) is 29.3. The number of rotatable bonds is 11. The Kier molecular flexibility index (Phi) is 10.1. The third-order valence-electron chi connectivity index (χ3n) is 6.84. The highest BCUT2D eigenvalue weighted by molar-refractivity contribution is 6.09. The van der Waals surface area contributed by atoms with Gasteiger partial charge in [-0.1, -0.05) is 24.3 Å². The molecule has 0 bridgehead atoms. The van der Waals surface area contributed by atoms with E-state index in [0.717, 1.165) is 31.5 Å². The zero-order chi connectivity index (χ0) is 29.2. The molecule has 1 fully saturated rings.